The summed E-state index contributed by atoms with van der Waals surface area (Å²) in [6.07, 6.45) is 1.28. The number of carboxylic acid groups (broad SMARTS) is 1. The quantitative estimate of drug-likeness (QED) is 0.726. The highest BCUT2D eigenvalue weighted by molar-refractivity contribution is 6.04. The molecule has 3 rings (SSSR count). The Morgan fingerprint density at radius 1 is 1.33 bits per heavy atom. The van der Waals surface area contributed by atoms with Crippen molar-refractivity contribution in [1.29, 1.82) is 0 Å². The molecule has 1 N–H and O–H groups in total. The van der Waals surface area contributed by atoms with Gasteiger partial charge in [0, 0.05) is 24.7 Å². The monoisotopic (exact) mass is 284 g/mol. The molecule has 0 aliphatic heterocycles. The van der Waals surface area contributed by atoms with Gasteiger partial charge in [-0.25, -0.2) is 9.78 Å². The first kappa shape index (κ1) is 13.1. The van der Waals surface area contributed by atoms with E-state index < -0.39 is 5.97 Å². The lowest BCUT2D eigenvalue weighted by atomic mass is 10.1. The molecule has 0 spiro atoms. The standard InChI is InChI=1S/C15H12N2O4/c1-17-7-11(15(19)20)13-10(14(17)18)5-8-3-4-9(21-2)6-12(8)16-13/h3-7H,1-2H3,(H,19,20). The van der Waals surface area contributed by atoms with E-state index in [1.165, 1.54) is 17.8 Å². The molecule has 106 valence electrons. The van der Waals surface area contributed by atoms with Gasteiger partial charge in [0.05, 0.1) is 23.5 Å². The smallest absolute Gasteiger partial charge is 0.339 e. The molecule has 0 atom stereocenters. The van der Waals surface area contributed by atoms with Crippen LogP contribution < -0.4 is 10.3 Å². The Morgan fingerprint density at radius 2 is 2.10 bits per heavy atom. The average Bonchev–Trinajstić information content (AvgIpc) is 2.48. The van der Waals surface area contributed by atoms with Crippen molar-refractivity contribution >= 4 is 27.8 Å². The molecule has 0 fully saturated rings. The van der Waals surface area contributed by atoms with Crippen LogP contribution in [0, 0.1) is 0 Å². The Balaban J connectivity index is 2.50. The number of carboxylic acids is 1. The number of hydrogen-bond acceptors (Lipinski definition) is 4. The second-order valence-corrected chi connectivity index (χ2v) is 4.71. The van der Waals surface area contributed by atoms with Crippen molar-refractivity contribution in [3.63, 3.8) is 0 Å². The van der Waals surface area contributed by atoms with E-state index in [9.17, 15) is 14.7 Å². The van der Waals surface area contributed by atoms with Crippen LogP contribution in [-0.4, -0.2) is 27.7 Å². The maximum Gasteiger partial charge on any atom is 0.339 e. The van der Waals surface area contributed by atoms with Crippen molar-refractivity contribution in [3.8, 4) is 5.75 Å². The van der Waals surface area contributed by atoms with Crippen LogP contribution in [0.3, 0.4) is 0 Å². The van der Waals surface area contributed by atoms with E-state index in [0.717, 1.165) is 5.39 Å². The van der Waals surface area contributed by atoms with Crippen molar-refractivity contribution in [2.24, 2.45) is 7.05 Å². The average molecular weight is 284 g/mol. The highest BCUT2D eigenvalue weighted by atomic mass is 16.5. The minimum absolute atomic E-state index is 0.00294. The van der Waals surface area contributed by atoms with E-state index >= 15 is 0 Å². The molecule has 0 bridgehead atoms. The molecule has 0 aliphatic rings. The molecule has 21 heavy (non-hydrogen) atoms. The first-order valence-corrected chi connectivity index (χ1v) is 6.22. The van der Waals surface area contributed by atoms with Crippen molar-refractivity contribution in [3.05, 3.63) is 46.4 Å². The Morgan fingerprint density at radius 3 is 2.76 bits per heavy atom. The number of aromatic carboxylic acids is 1. The van der Waals surface area contributed by atoms with E-state index in [1.807, 2.05) is 0 Å². The van der Waals surface area contributed by atoms with E-state index in [2.05, 4.69) is 4.98 Å². The zero-order chi connectivity index (χ0) is 15.1. The van der Waals surface area contributed by atoms with Crippen LogP contribution in [-0.2, 0) is 7.05 Å². The van der Waals surface area contributed by atoms with Crippen molar-refractivity contribution < 1.29 is 14.6 Å². The van der Waals surface area contributed by atoms with Crippen LogP contribution in [0.25, 0.3) is 21.8 Å². The van der Waals surface area contributed by atoms with E-state index in [-0.39, 0.29) is 22.0 Å². The fraction of sp³-hybridized carbons (Fsp3) is 0.133. The van der Waals surface area contributed by atoms with Crippen LogP contribution in [0.1, 0.15) is 10.4 Å². The minimum atomic E-state index is -1.12. The van der Waals surface area contributed by atoms with Gasteiger partial charge in [-0.2, -0.15) is 0 Å². The molecule has 3 aromatic rings. The van der Waals surface area contributed by atoms with Crippen LogP contribution in [0.4, 0.5) is 0 Å². The number of aromatic nitrogens is 2. The van der Waals surface area contributed by atoms with Gasteiger partial charge in [0.25, 0.3) is 5.56 Å². The van der Waals surface area contributed by atoms with Gasteiger partial charge in [-0.3, -0.25) is 4.79 Å². The number of nitrogens with zero attached hydrogens (tertiary/aromatic N) is 2. The Labute approximate surface area is 119 Å². The van der Waals surface area contributed by atoms with Crippen LogP contribution >= 0.6 is 0 Å². The first-order valence-electron chi connectivity index (χ1n) is 6.22. The summed E-state index contributed by atoms with van der Waals surface area (Å²) in [6.45, 7) is 0. The highest BCUT2D eigenvalue weighted by Gasteiger charge is 2.15. The molecule has 2 aromatic heterocycles. The maximum absolute atomic E-state index is 12.2. The Hall–Kier alpha value is -2.89. The van der Waals surface area contributed by atoms with Gasteiger partial charge in [0.15, 0.2) is 0 Å². The number of rotatable bonds is 2. The number of ether oxygens (including phenoxy) is 1. The number of benzene rings is 1. The molecule has 1 aromatic carbocycles. The number of hydrogen-bond donors (Lipinski definition) is 1. The molecule has 0 saturated carbocycles. The Bertz CT molecular complexity index is 944. The predicted octanol–water partition coefficient (Wildman–Crippen LogP) is 1.79. The van der Waals surface area contributed by atoms with Gasteiger partial charge in [-0.1, -0.05) is 0 Å². The van der Waals surface area contributed by atoms with E-state index in [1.54, 1.807) is 31.4 Å². The van der Waals surface area contributed by atoms with Gasteiger partial charge in [-0.15, -0.1) is 0 Å². The number of fused-ring (bicyclic) bond motifs is 2. The SMILES string of the molecule is COc1ccc2cc3c(=O)n(C)cc(C(=O)O)c3nc2c1. The third kappa shape index (κ3) is 2.01. The summed E-state index contributed by atoms with van der Waals surface area (Å²) >= 11 is 0. The fourth-order valence-corrected chi connectivity index (χ4v) is 2.30. The van der Waals surface area contributed by atoms with Gasteiger partial charge in [0.2, 0.25) is 0 Å². The lowest BCUT2D eigenvalue weighted by Crippen LogP contribution is -2.19. The molecule has 0 aliphatic carbocycles. The molecule has 0 saturated heterocycles. The van der Waals surface area contributed by atoms with Crippen LogP contribution in [0.5, 0.6) is 5.75 Å². The van der Waals surface area contributed by atoms with Gasteiger partial charge in [0.1, 0.15) is 11.3 Å². The minimum Gasteiger partial charge on any atom is -0.497 e. The normalized spacial score (nSPS) is 11.0. The highest BCUT2D eigenvalue weighted by Crippen LogP contribution is 2.23. The molecule has 6 nitrogen and oxygen atoms in total. The number of methoxy groups -OCH3 is 1. The molecule has 6 heteroatoms. The topological polar surface area (TPSA) is 81.4 Å². The summed E-state index contributed by atoms with van der Waals surface area (Å²) in [5.74, 6) is -0.500. The molecular formula is C15H12N2O4. The van der Waals surface area contributed by atoms with Gasteiger partial charge >= 0.3 is 5.97 Å². The van der Waals surface area contributed by atoms with Gasteiger partial charge < -0.3 is 14.4 Å². The summed E-state index contributed by atoms with van der Waals surface area (Å²) in [4.78, 5) is 27.9. The number of pyridine rings is 2. The van der Waals surface area contributed by atoms with Crippen molar-refractivity contribution in [2.45, 2.75) is 0 Å². The zero-order valence-corrected chi connectivity index (χ0v) is 11.5. The second kappa shape index (κ2) is 4.59. The lowest BCUT2D eigenvalue weighted by molar-refractivity contribution is 0.0698. The Kier molecular flexibility index (Phi) is 2.86. The van der Waals surface area contributed by atoms with E-state index in [0.29, 0.717) is 11.3 Å². The van der Waals surface area contributed by atoms with Crippen LogP contribution in [0.15, 0.2) is 35.3 Å². The predicted molar refractivity (Wildman–Crippen MR) is 78.0 cm³/mol. The molecule has 0 amide bonds. The zero-order valence-electron chi connectivity index (χ0n) is 11.5. The fourth-order valence-electron chi connectivity index (χ4n) is 2.30. The summed E-state index contributed by atoms with van der Waals surface area (Å²) in [5, 5.41) is 10.3. The third-order valence-corrected chi connectivity index (χ3v) is 3.38. The molecule has 0 unspecified atom stereocenters. The lowest BCUT2D eigenvalue weighted by Gasteiger charge is -2.08. The first-order chi connectivity index (χ1) is 10.0. The van der Waals surface area contributed by atoms with Crippen molar-refractivity contribution in [2.75, 3.05) is 7.11 Å². The number of aryl methyl sites for hydroxylation is 1. The summed E-state index contributed by atoms with van der Waals surface area (Å²) in [6, 6.07) is 6.92. The largest absolute Gasteiger partial charge is 0.497 e. The molecular weight excluding hydrogens is 272 g/mol. The third-order valence-electron chi connectivity index (χ3n) is 3.38. The number of carbonyl (C=O) groups is 1. The van der Waals surface area contributed by atoms with E-state index in [4.69, 9.17) is 4.74 Å². The van der Waals surface area contributed by atoms with Crippen LogP contribution in [0.2, 0.25) is 0 Å². The maximum atomic E-state index is 12.2. The summed E-state index contributed by atoms with van der Waals surface area (Å²) < 4.78 is 6.39. The molecule has 0 radical (unpaired) electrons. The van der Waals surface area contributed by atoms with Gasteiger partial charge in [-0.05, 0) is 18.2 Å². The summed E-state index contributed by atoms with van der Waals surface area (Å²) in [5.41, 5.74) is 0.487. The van der Waals surface area contributed by atoms with Crippen molar-refractivity contribution in [1.82, 2.24) is 9.55 Å². The molecule has 2 heterocycles. The summed E-state index contributed by atoms with van der Waals surface area (Å²) in [7, 11) is 3.06. The second-order valence-electron chi connectivity index (χ2n) is 4.71.